The Labute approximate surface area is 220 Å². The maximum atomic E-state index is 13.4. The molecule has 2 aromatic heterocycles. The van der Waals surface area contributed by atoms with Crippen LogP contribution in [0.2, 0.25) is 0 Å². The van der Waals surface area contributed by atoms with Gasteiger partial charge in [-0.3, -0.25) is 9.69 Å². The van der Waals surface area contributed by atoms with E-state index in [0.29, 0.717) is 18.7 Å². The standard InChI is InChI=1S/C30H31FN6O/c1-3-28(29-33-34-35-37(29)19-23-10-12-26(31)13-11-23)36(16-15-22-7-5-4-6-8-22)20-25-18-24-17-21(2)9-14-27(24)32-30(25)38/h4-14,17-18,28H,3,15-16,19-20H2,1-2H3,(H,32,38)/t28-/m0/s1. The summed E-state index contributed by atoms with van der Waals surface area (Å²) in [5.41, 5.74) is 4.71. The number of tetrazole rings is 1. The summed E-state index contributed by atoms with van der Waals surface area (Å²) in [5, 5.41) is 13.6. The van der Waals surface area contributed by atoms with Gasteiger partial charge in [0.05, 0.1) is 12.6 Å². The normalized spacial score (nSPS) is 12.3. The third-order valence-corrected chi connectivity index (χ3v) is 6.91. The van der Waals surface area contributed by atoms with Crippen LogP contribution >= 0.6 is 0 Å². The highest BCUT2D eigenvalue weighted by Gasteiger charge is 2.26. The van der Waals surface area contributed by atoms with Crippen molar-refractivity contribution in [2.45, 2.75) is 45.8 Å². The highest BCUT2D eigenvalue weighted by Crippen LogP contribution is 2.25. The monoisotopic (exact) mass is 510 g/mol. The maximum Gasteiger partial charge on any atom is 0.252 e. The summed E-state index contributed by atoms with van der Waals surface area (Å²) >= 11 is 0. The van der Waals surface area contributed by atoms with Crippen molar-refractivity contribution in [3.63, 3.8) is 0 Å². The van der Waals surface area contributed by atoms with Crippen molar-refractivity contribution in [1.29, 1.82) is 0 Å². The molecule has 0 aliphatic rings. The van der Waals surface area contributed by atoms with Crippen LogP contribution in [0.4, 0.5) is 4.39 Å². The molecule has 5 rings (SSSR count). The van der Waals surface area contributed by atoms with Crippen molar-refractivity contribution in [3.8, 4) is 0 Å². The average molecular weight is 511 g/mol. The van der Waals surface area contributed by atoms with Crippen LogP contribution in [-0.4, -0.2) is 36.6 Å². The lowest BCUT2D eigenvalue weighted by molar-refractivity contribution is 0.172. The average Bonchev–Trinajstić information content (AvgIpc) is 3.37. The van der Waals surface area contributed by atoms with E-state index >= 15 is 0 Å². The van der Waals surface area contributed by atoms with Gasteiger partial charge in [-0.2, -0.15) is 0 Å². The molecule has 2 heterocycles. The Hall–Kier alpha value is -4.17. The zero-order valence-electron chi connectivity index (χ0n) is 21.6. The molecule has 0 saturated heterocycles. The molecule has 1 atom stereocenters. The van der Waals surface area contributed by atoms with Crippen molar-refractivity contribution in [1.82, 2.24) is 30.1 Å². The third-order valence-electron chi connectivity index (χ3n) is 6.91. The number of aryl methyl sites for hydroxylation is 1. The van der Waals surface area contributed by atoms with Gasteiger partial charge in [0.1, 0.15) is 5.82 Å². The van der Waals surface area contributed by atoms with Gasteiger partial charge in [-0.25, -0.2) is 9.07 Å². The topological polar surface area (TPSA) is 79.7 Å². The fourth-order valence-corrected chi connectivity index (χ4v) is 4.90. The largest absolute Gasteiger partial charge is 0.322 e. The van der Waals surface area contributed by atoms with Gasteiger partial charge in [-0.05, 0) is 77.0 Å². The fourth-order valence-electron chi connectivity index (χ4n) is 4.90. The molecule has 5 aromatic rings. The van der Waals surface area contributed by atoms with Gasteiger partial charge < -0.3 is 4.98 Å². The quantitative estimate of drug-likeness (QED) is 0.279. The van der Waals surface area contributed by atoms with Crippen molar-refractivity contribution in [2.24, 2.45) is 0 Å². The number of hydrogen-bond donors (Lipinski definition) is 1. The number of nitrogens with zero attached hydrogens (tertiary/aromatic N) is 5. The van der Waals surface area contributed by atoms with E-state index in [1.54, 1.807) is 16.8 Å². The van der Waals surface area contributed by atoms with Crippen molar-refractivity contribution in [2.75, 3.05) is 6.54 Å². The molecule has 0 amide bonds. The first-order chi connectivity index (χ1) is 18.5. The van der Waals surface area contributed by atoms with Crippen LogP contribution in [0, 0.1) is 12.7 Å². The summed E-state index contributed by atoms with van der Waals surface area (Å²) in [7, 11) is 0. The van der Waals surface area contributed by atoms with Gasteiger partial charge in [-0.1, -0.05) is 61.0 Å². The number of rotatable bonds is 10. The number of aromatic nitrogens is 5. The number of halogens is 1. The summed E-state index contributed by atoms with van der Waals surface area (Å²) in [4.78, 5) is 18.4. The highest BCUT2D eigenvalue weighted by molar-refractivity contribution is 5.79. The van der Waals surface area contributed by atoms with Crippen LogP contribution in [0.1, 0.15) is 47.5 Å². The lowest BCUT2D eigenvalue weighted by atomic mass is 10.1. The Morgan fingerprint density at radius 1 is 1.00 bits per heavy atom. The first-order valence-corrected chi connectivity index (χ1v) is 12.9. The Morgan fingerprint density at radius 2 is 1.79 bits per heavy atom. The van der Waals surface area contributed by atoms with E-state index in [9.17, 15) is 9.18 Å². The molecular formula is C30H31FN6O. The molecule has 0 spiro atoms. The van der Waals surface area contributed by atoms with Crippen LogP contribution in [-0.2, 0) is 19.5 Å². The number of aromatic amines is 1. The molecule has 38 heavy (non-hydrogen) atoms. The summed E-state index contributed by atoms with van der Waals surface area (Å²) in [6.07, 6.45) is 1.57. The highest BCUT2D eigenvalue weighted by atomic mass is 19.1. The van der Waals surface area contributed by atoms with Gasteiger partial charge in [-0.15, -0.1) is 5.10 Å². The summed E-state index contributed by atoms with van der Waals surface area (Å²) in [6.45, 7) is 5.75. The molecule has 0 aliphatic heterocycles. The van der Waals surface area contributed by atoms with Crippen LogP contribution in [0.3, 0.4) is 0 Å². The summed E-state index contributed by atoms with van der Waals surface area (Å²) < 4.78 is 15.2. The predicted molar refractivity (Wildman–Crippen MR) is 146 cm³/mol. The second-order valence-corrected chi connectivity index (χ2v) is 9.67. The Balaban J connectivity index is 1.48. The van der Waals surface area contributed by atoms with Gasteiger partial charge in [0.15, 0.2) is 5.82 Å². The minimum absolute atomic E-state index is 0.0909. The second-order valence-electron chi connectivity index (χ2n) is 9.67. The first-order valence-electron chi connectivity index (χ1n) is 12.9. The van der Waals surface area contributed by atoms with Gasteiger partial charge in [0.25, 0.3) is 5.56 Å². The number of H-pyrrole nitrogens is 1. The van der Waals surface area contributed by atoms with Crippen molar-refractivity contribution in [3.05, 3.63) is 123 Å². The molecule has 7 nitrogen and oxygen atoms in total. The maximum absolute atomic E-state index is 13.4. The van der Waals surface area contributed by atoms with E-state index in [2.05, 4.69) is 50.5 Å². The lowest BCUT2D eigenvalue weighted by Gasteiger charge is -2.30. The minimum Gasteiger partial charge on any atom is -0.322 e. The first kappa shape index (κ1) is 25.5. The number of nitrogens with one attached hydrogen (secondary N) is 1. The zero-order chi connectivity index (χ0) is 26.5. The van der Waals surface area contributed by atoms with E-state index in [0.717, 1.165) is 47.2 Å². The van der Waals surface area contributed by atoms with E-state index in [4.69, 9.17) is 0 Å². The molecule has 0 aliphatic carbocycles. The molecule has 0 unspecified atom stereocenters. The van der Waals surface area contributed by atoms with Crippen LogP contribution in [0.15, 0.2) is 83.7 Å². The predicted octanol–water partition coefficient (Wildman–Crippen LogP) is 5.21. The Bertz CT molecular complexity index is 1560. The Kier molecular flexibility index (Phi) is 7.70. The van der Waals surface area contributed by atoms with Crippen molar-refractivity contribution < 1.29 is 4.39 Å². The lowest BCUT2D eigenvalue weighted by Crippen LogP contribution is -2.34. The van der Waals surface area contributed by atoms with E-state index in [1.165, 1.54) is 17.7 Å². The van der Waals surface area contributed by atoms with Crippen LogP contribution in [0.5, 0.6) is 0 Å². The smallest absolute Gasteiger partial charge is 0.252 e. The van der Waals surface area contributed by atoms with Crippen molar-refractivity contribution >= 4 is 10.9 Å². The molecule has 0 fully saturated rings. The number of pyridine rings is 1. The van der Waals surface area contributed by atoms with Crippen LogP contribution < -0.4 is 5.56 Å². The number of fused-ring (bicyclic) bond motifs is 1. The molecule has 3 aromatic carbocycles. The minimum atomic E-state index is -0.278. The molecule has 1 N–H and O–H groups in total. The van der Waals surface area contributed by atoms with Crippen LogP contribution in [0.25, 0.3) is 10.9 Å². The molecular weight excluding hydrogens is 479 g/mol. The Morgan fingerprint density at radius 3 is 2.55 bits per heavy atom. The van der Waals surface area contributed by atoms with Gasteiger partial charge in [0, 0.05) is 24.2 Å². The van der Waals surface area contributed by atoms with E-state index in [1.807, 2.05) is 43.3 Å². The zero-order valence-corrected chi connectivity index (χ0v) is 21.6. The summed E-state index contributed by atoms with van der Waals surface area (Å²) in [5.74, 6) is 0.443. The summed E-state index contributed by atoms with van der Waals surface area (Å²) in [6, 6.07) is 24.6. The molecule has 0 bridgehead atoms. The van der Waals surface area contributed by atoms with Gasteiger partial charge in [0.2, 0.25) is 0 Å². The van der Waals surface area contributed by atoms with E-state index in [-0.39, 0.29) is 17.4 Å². The number of hydrogen-bond acceptors (Lipinski definition) is 5. The fraction of sp³-hybridized carbons (Fsp3) is 0.267. The third kappa shape index (κ3) is 5.86. The molecule has 8 heteroatoms. The van der Waals surface area contributed by atoms with E-state index < -0.39 is 0 Å². The molecule has 0 radical (unpaired) electrons. The SMILES string of the molecule is CC[C@@H](c1nnnn1Cc1ccc(F)cc1)N(CCc1ccccc1)Cc1cc2cc(C)ccc2[nH]c1=O. The van der Waals surface area contributed by atoms with Gasteiger partial charge >= 0.3 is 0 Å². The molecule has 194 valence electrons. The molecule has 0 saturated carbocycles. The number of benzene rings is 3. The second kappa shape index (κ2) is 11.5.